The first-order chi connectivity index (χ1) is 12.8. The van der Waals surface area contributed by atoms with E-state index in [0.717, 1.165) is 34.6 Å². The van der Waals surface area contributed by atoms with Crippen LogP contribution in [-0.2, 0) is 10.0 Å². The van der Waals surface area contributed by atoms with E-state index in [2.05, 4.69) is 20.0 Å². The molecule has 1 aromatic carbocycles. The van der Waals surface area contributed by atoms with Crippen LogP contribution in [0.25, 0.3) is 11.0 Å². The number of nitrogens with zero attached hydrogens (tertiary/aromatic N) is 2. The molecule has 2 heterocycles. The van der Waals surface area contributed by atoms with Crippen molar-refractivity contribution >= 4 is 32.4 Å². The fourth-order valence-corrected chi connectivity index (χ4v) is 4.04. The van der Waals surface area contributed by atoms with Gasteiger partial charge in [-0.15, -0.1) is 0 Å². The maximum Gasteiger partial charge on any atom is 0.240 e. The minimum atomic E-state index is -3.51. The van der Waals surface area contributed by atoms with Crippen molar-refractivity contribution in [3.05, 3.63) is 53.9 Å². The van der Waals surface area contributed by atoms with Crippen molar-refractivity contribution in [1.82, 2.24) is 14.7 Å². The Balaban J connectivity index is 1.88. The number of aryl methyl sites for hydroxylation is 2. The third kappa shape index (κ3) is 4.43. The van der Waals surface area contributed by atoms with Gasteiger partial charge in [0.25, 0.3) is 0 Å². The molecule has 7 heteroatoms. The van der Waals surface area contributed by atoms with E-state index in [-0.39, 0.29) is 10.9 Å². The molecule has 0 aliphatic heterocycles. The van der Waals surface area contributed by atoms with Gasteiger partial charge in [-0.25, -0.2) is 23.1 Å². The number of pyridine rings is 2. The van der Waals surface area contributed by atoms with Gasteiger partial charge in [0.05, 0.1) is 10.6 Å². The summed E-state index contributed by atoms with van der Waals surface area (Å²) in [5.74, 6) is 0. The lowest BCUT2D eigenvalue weighted by atomic mass is 10.2. The fourth-order valence-electron chi connectivity index (χ4n) is 2.72. The molecule has 27 heavy (non-hydrogen) atoms. The Morgan fingerprint density at radius 1 is 1.00 bits per heavy atom. The topological polar surface area (TPSA) is 84.0 Å². The minimum Gasteiger partial charge on any atom is -0.355 e. The second-order valence-corrected chi connectivity index (χ2v) is 8.43. The van der Waals surface area contributed by atoms with E-state index in [9.17, 15) is 8.42 Å². The van der Waals surface area contributed by atoms with Crippen molar-refractivity contribution < 1.29 is 8.42 Å². The van der Waals surface area contributed by atoms with Gasteiger partial charge in [0.15, 0.2) is 5.65 Å². The number of benzene rings is 1. The Morgan fingerprint density at radius 2 is 1.67 bits per heavy atom. The van der Waals surface area contributed by atoms with E-state index >= 15 is 0 Å². The summed E-state index contributed by atoms with van der Waals surface area (Å²) in [4.78, 5) is 9.22. The number of sulfonamides is 1. The summed E-state index contributed by atoms with van der Waals surface area (Å²) in [5.41, 5.74) is 4.15. The van der Waals surface area contributed by atoms with Gasteiger partial charge in [0, 0.05) is 28.5 Å². The SMILES string of the molecule is CCC(C)NS(=O)(=O)c1ccc(Nc2cc(C)nc3nc(C)ccc23)cc1. The van der Waals surface area contributed by atoms with Gasteiger partial charge in [-0.05, 0) is 69.7 Å². The first-order valence-corrected chi connectivity index (χ1v) is 10.4. The van der Waals surface area contributed by atoms with Crippen LogP contribution < -0.4 is 10.0 Å². The summed E-state index contributed by atoms with van der Waals surface area (Å²) >= 11 is 0. The van der Waals surface area contributed by atoms with E-state index in [1.54, 1.807) is 24.3 Å². The molecule has 2 aromatic heterocycles. The molecule has 0 saturated carbocycles. The standard InChI is InChI=1S/C20H24N4O2S/c1-5-13(2)24-27(25,26)17-9-7-16(8-10-17)23-19-12-15(4)22-20-18(19)11-6-14(3)21-20/h6-13,24H,5H2,1-4H3,(H,21,22,23). The summed E-state index contributed by atoms with van der Waals surface area (Å²) in [6.45, 7) is 7.64. The number of hydrogen-bond acceptors (Lipinski definition) is 5. The Kier molecular flexibility index (Phi) is 5.43. The lowest BCUT2D eigenvalue weighted by Gasteiger charge is -2.13. The third-order valence-corrected chi connectivity index (χ3v) is 5.96. The van der Waals surface area contributed by atoms with Crippen LogP contribution in [0.5, 0.6) is 0 Å². The van der Waals surface area contributed by atoms with E-state index in [0.29, 0.717) is 5.65 Å². The van der Waals surface area contributed by atoms with Crippen molar-refractivity contribution in [2.45, 2.75) is 45.1 Å². The Bertz CT molecular complexity index is 1060. The Morgan fingerprint density at radius 3 is 2.33 bits per heavy atom. The molecule has 0 aliphatic carbocycles. The lowest BCUT2D eigenvalue weighted by molar-refractivity contribution is 0.556. The molecule has 3 rings (SSSR count). The molecule has 142 valence electrons. The molecule has 0 aliphatic rings. The van der Waals surface area contributed by atoms with Gasteiger partial charge in [-0.2, -0.15) is 0 Å². The molecule has 0 spiro atoms. The Hall–Kier alpha value is -2.51. The van der Waals surface area contributed by atoms with Gasteiger partial charge in [-0.1, -0.05) is 6.92 Å². The van der Waals surface area contributed by atoms with Gasteiger partial charge in [-0.3, -0.25) is 0 Å². The summed E-state index contributed by atoms with van der Waals surface area (Å²) < 4.78 is 27.4. The number of fused-ring (bicyclic) bond motifs is 1. The zero-order chi connectivity index (χ0) is 19.6. The highest BCUT2D eigenvalue weighted by molar-refractivity contribution is 7.89. The molecule has 0 fully saturated rings. The van der Waals surface area contributed by atoms with Gasteiger partial charge < -0.3 is 5.32 Å². The van der Waals surface area contributed by atoms with Crippen molar-refractivity contribution in [1.29, 1.82) is 0 Å². The molecular formula is C20H24N4O2S. The zero-order valence-corrected chi connectivity index (χ0v) is 16.8. The molecule has 0 radical (unpaired) electrons. The molecular weight excluding hydrogens is 360 g/mol. The zero-order valence-electron chi connectivity index (χ0n) is 15.9. The fraction of sp³-hybridized carbons (Fsp3) is 0.300. The van der Waals surface area contributed by atoms with Crippen molar-refractivity contribution in [3.8, 4) is 0 Å². The Labute approximate surface area is 160 Å². The number of nitrogens with one attached hydrogen (secondary N) is 2. The average molecular weight is 385 g/mol. The van der Waals surface area contributed by atoms with E-state index < -0.39 is 10.0 Å². The van der Waals surface area contributed by atoms with Crippen LogP contribution in [0, 0.1) is 13.8 Å². The lowest BCUT2D eigenvalue weighted by Crippen LogP contribution is -2.31. The number of rotatable bonds is 6. The van der Waals surface area contributed by atoms with E-state index in [1.807, 2.05) is 45.9 Å². The van der Waals surface area contributed by atoms with Crippen LogP contribution in [0.4, 0.5) is 11.4 Å². The second kappa shape index (κ2) is 7.62. The van der Waals surface area contributed by atoms with E-state index in [1.165, 1.54) is 0 Å². The molecule has 2 N–H and O–H groups in total. The smallest absolute Gasteiger partial charge is 0.240 e. The molecule has 0 bridgehead atoms. The van der Waals surface area contributed by atoms with Crippen molar-refractivity contribution in [2.75, 3.05) is 5.32 Å². The minimum absolute atomic E-state index is 0.102. The summed E-state index contributed by atoms with van der Waals surface area (Å²) in [5, 5.41) is 4.26. The molecule has 0 saturated heterocycles. The van der Waals surface area contributed by atoms with Gasteiger partial charge in [0.2, 0.25) is 10.0 Å². The predicted molar refractivity (Wildman–Crippen MR) is 109 cm³/mol. The summed E-state index contributed by atoms with van der Waals surface area (Å²) in [6, 6.07) is 12.5. The first kappa shape index (κ1) is 19.3. The van der Waals surface area contributed by atoms with Crippen LogP contribution in [0.3, 0.4) is 0 Å². The molecule has 3 aromatic rings. The van der Waals surface area contributed by atoms with Crippen LogP contribution in [0.1, 0.15) is 31.7 Å². The monoisotopic (exact) mass is 384 g/mol. The highest BCUT2D eigenvalue weighted by Crippen LogP contribution is 2.26. The normalized spacial score (nSPS) is 12.9. The van der Waals surface area contributed by atoms with E-state index in [4.69, 9.17) is 0 Å². The van der Waals surface area contributed by atoms with Crippen molar-refractivity contribution in [3.63, 3.8) is 0 Å². The third-order valence-electron chi connectivity index (χ3n) is 4.35. The summed E-state index contributed by atoms with van der Waals surface area (Å²) in [7, 11) is -3.51. The molecule has 1 atom stereocenters. The maximum absolute atomic E-state index is 12.4. The van der Waals surface area contributed by atoms with Gasteiger partial charge in [0.1, 0.15) is 0 Å². The highest BCUT2D eigenvalue weighted by atomic mass is 32.2. The highest BCUT2D eigenvalue weighted by Gasteiger charge is 2.16. The van der Waals surface area contributed by atoms with Crippen LogP contribution >= 0.6 is 0 Å². The maximum atomic E-state index is 12.4. The van der Waals surface area contributed by atoms with Crippen LogP contribution in [0.2, 0.25) is 0 Å². The quantitative estimate of drug-likeness (QED) is 0.669. The van der Waals surface area contributed by atoms with Crippen molar-refractivity contribution in [2.24, 2.45) is 0 Å². The molecule has 1 unspecified atom stereocenters. The second-order valence-electron chi connectivity index (χ2n) is 6.71. The average Bonchev–Trinajstić information content (AvgIpc) is 2.61. The number of anilines is 2. The number of aromatic nitrogens is 2. The number of hydrogen-bond donors (Lipinski definition) is 2. The largest absolute Gasteiger partial charge is 0.355 e. The molecule has 0 amide bonds. The van der Waals surface area contributed by atoms with Gasteiger partial charge >= 0.3 is 0 Å². The van der Waals surface area contributed by atoms with Crippen LogP contribution in [0.15, 0.2) is 47.4 Å². The predicted octanol–water partition coefficient (Wildman–Crippen LogP) is 4.07. The summed E-state index contributed by atoms with van der Waals surface area (Å²) in [6.07, 6.45) is 0.737. The van der Waals surface area contributed by atoms with Crippen LogP contribution in [-0.4, -0.2) is 24.4 Å². The first-order valence-electron chi connectivity index (χ1n) is 8.93. The molecule has 6 nitrogen and oxygen atoms in total.